The Morgan fingerprint density at radius 3 is 2.52 bits per heavy atom. The zero-order valence-electron chi connectivity index (χ0n) is 16.8. The normalized spacial score (nSPS) is 19.4. The van der Waals surface area contributed by atoms with E-state index in [0.29, 0.717) is 23.0 Å². The maximum atomic E-state index is 13.5. The smallest absolute Gasteiger partial charge is 0.256 e. The minimum Gasteiger partial charge on any atom is -0.356 e. The summed E-state index contributed by atoms with van der Waals surface area (Å²) in [6.45, 7) is 6.76. The van der Waals surface area contributed by atoms with Crippen LogP contribution in [0.1, 0.15) is 50.8 Å². The molecule has 152 valence electrons. The maximum Gasteiger partial charge on any atom is 0.256 e. The first-order valence-electron chi connectivity index (χ1n) is 9.59. The van der Waals surface area contributed by atoms with E-state index in [1.54, 1.807) is 17.0 Å². The Bertz CT molecular complexity index is 947. The second-order valence-electron chi connectivity index (χ2n) is 8.41. The summed E-state index contributed by atoms with van der Waals surface area (Å²) in [7, 11) is 0. The van der Waals surface area contributed by atoms with Crippen LogP contribution in [0, 0.1) is 16.7 Å². The van der Waals surface area contributed by atoms with E-state index in [2.05, 4.69) is 26.8 Å². The van der Waals surface area contributed by atoms with Gasteiger partial charge in [-0.1, -0.05) is 62.2 Å². The lowest BCUT2D eigenvalue weighted by Crippen LogP contribution is -2.43. The van der Waals surface area contributed by atoms with Gasteiger partial charge in [0.05, 0.1) is 6.07 Å². The number of hydrogen-bond acceptors (Lipinski definition) is 3. The minimum atomic E-state index is -0.746. The van der Waals surface area contributed by atoms with Crippen LogP contribution in [0.2, 0.25) is 10.0 Å². The van der Waals surface area contributed by atoms with E-state index in [-0.39, 0.29) is 17.7 Å². The largest absolute Gasteiger partial charge is 0.356 e. The Balaban J connectivity index is 2.19. The fourth-order valence-electron chi connectivity index (χ4n) is 3.52. The lowest BCUT2D eigenvalue weighted by Gasteiger charge is -2.31. The van der Waals surface area contributed by atoms with Gasteiger partial charge in [0.25, 0.3) is 5.91 Å². The summed E-state index contributed by atoms with van der Waals surface area (Å²) < 4.78 is 6.33. The van der Waals surface area contributed by atoms with Crippen molar-refractivity contribution in [3.8, 4) is 6.07 Å². The quantitative estimate of drug-likeness (QED) is 0.582. The van der Waals surface area contributed by atoms with Crippen LogP contribution in [0.25, 0.3) is 0 Å². The van der Waals surface area contributed by atoms with Crippen LogP contribution in [0.3, 0.4) is 0 Å². The van der Waals surface area contributed by atoms with Crippen molar-refractivity contribution in [2.24, 2.45) is 5.41 Å². The molecule has 1 aliphatic heterocycles. The average Bonchev–Trinajstić information content (AvgIpc) is 2.75. The molecule has 2 atom stereocenters. The molecule has 0 saturated heterocycles. The van der Waals surface area contributed by atoms with Crippen LogP contribution >= 0.6 is 23.2 Å². The van der Waals surface area contributed by atoms with E-state index in [1.165, 1.54) is 0 Å². The third-order valence-corrected chi connectivity index (χ3v) is 5.32. The first-order valence-corrected chi connectivity index (χ1v) is 10.3. The highest BCUT2D eigenvalue weighted by Gasteiger charge is 2.38. The molecule has 0 N–H and O–H groups in total. The summed E-state index contributed by atoms with van der Waals surface area (Å²) in [5.41, 5.74) is 2.20. The number of hydrogen-bond donors (Lipinski definition) is 0. The standard InChI is InChI=1S/C23H24Cl2N2O2/c1-23(2,3)14-27-19-11-10-15(24)13-17(19)21(16-7-4-5-8-18(16)25)29-20(22(27)28)9-6-12-26/h4-5,7-8,10-11,13,20-21H,6,9,14H2,1-3H3. The molecular formula is C23H24Cl2N2O2. The fraction of sp³-hybridized carbons (Fsp3) is 0.391. The van der Waals surface area contributed by atoms with Gasteiger partial charge in [0, 0.05) is 39.8 Å². The number of nitriles is 1. The highest BCUT2D eigenvalue weighted by Crippen LogP contribution is 2.42. The second kappa shape index (κ2) is 8.75. The predicted molar refractivity (Wildman–Crippen MR) is 116 cm³/mol. The minimum absolute atomic E-state index is 0.128. The van der Waals surface area contributed by atoms with Gasteiger partial charge in [-0.05, 0) is 36.1 Å². The molecule has 1 amide bonds. The van der Waals surface area contributed by atoms with Crippen LogP contribution in [-0.2, 0) is 9.53 Å². The van der Waals surface area contributed by atoms with Crippen LogP contribution in [0.15, 0.2) is 42.5 Å². The molecule has 0 aromatic heterocycles. The molecule has 0 aliphatic carbocycles. The first kappa shape index (κ1) is 21.6. The Labute approximate surface area is 182 Å². The molecule has 1 aliphatic rings. The zero-order chi connectivity index (χ0) is 21.2. The molecule has 29 heavy (non-hydrogen) atoms. The number of fused-ring (bicyclic) bond motifs is 1. The number of anilines is 1. The van der Waals surface area contributed by atoms with Crippen LogP contribution < -0.4 is 4.90 Å². The molecule has 0 bridgehead atoms. The third kappa shape index (κ3) is 4.93. The van der Waals surface area contributed by atoms with Gasteiger partial charge in [0.15, 0.2) is 0 Å². The van der Waals surface area contributed by atoms with Crippen molar-refractivity contribution in [2.75, 3.05) is 11.4 Å². The number of benzene rings is 2. The molecule has 2 aromatic carbocycles. The summed E-state index contributed by atoms with van der Waals surface area (Å²) in [6, 6.07) is 15.0. The number of carbonyl (C=O) groups is 1. The second-order valence-corrected chi connectivity index (χ2v) is 9.25. The van der Waals surface area contributed by atoms with Crippen LogP contribution in [0.5, 0.6) is 0 Å². The van der Waals surface area contributed by atoms with Crippen molar-refractivity contribution < 1.29 is 9.53 Å². The highest BCUT2D eigenvalue weighted by molar-refractivity contribution is 6.31. The van der Waals surface area contributed by atoms with Crippen molar-refractivity contribution in [3.63, 3.8) is 0 Å². The highest BCUT2D eigenvalue weighted by atomic mass is 35.5. The van der Waals surface area contributed by atoms with Gasteiger partial charge in [0.2, 0.25) is 0 Å². The molecule has 4 nitrogen and oxygen atoms in total. The molecule has 0 radical (unpaired) electrons. The Morgan fingerprint density at radius 1 is 1.14 bits per heavy atom. The van der Waals surface area contributed by atoms with Crippen molar-refractivity contribution in [1.29, 1.82) is 5.26 Å². The molecule has 0 saturated carbocycles. The van der Waals surface area contributed by atoms with Gasteiger partial charge in [-0.25, -0.2) is 0 Å². The molecule has 2 aromatic rings. The molecule has 2 unspecified atom stereocenters. The molecule has 1 heterocycles. The van der Waals surface area contributed by atoms with Crippen molar-refractivity contribution in [2.45, 2.75) is 45.8 Å². The summed E-state index contributed by atoms with van der Waals surface area (Å²) >= 11 is 12.8. The summed E-state index contributed by atoms with van der Waals surface area (Å²) in [6.07, 6.45) is -0.760. The average molecular weight is 431 g/mol. The van der Waals surface area contributed by atoms with Gasteiger partial charge in [-0.3, -0.25) is 4.79 Å². The number of carbonyl (C=O) groups excluding carboxylic acids is 1. The number of ether oxygens (including phenoxy) is 1. The maximum absolute atomic E-state index is 13.5. The van der Waals surface area contributed by atoms with Crippen LogP contribution in [0.4, 0.5) is 5.69 Å². The van der Waals surface area contributed by atoms with Crippen molar-refractivity contribution >= 4 is 34.8 Å². The van der Waals surface area contributed by atoms with Gasteiger partial charge in [-0.15, -0.1) is 0 Å². The summed E-state index contributed by atoms with van der Waals surface area (Å²) in [5.74, 6) is -0.145. The Kier molecular flexibility index (Phi) is 6.53. The van der Waals surface area contributed by atoms with Gasteiger partial charge >= 0.3 is 0 Å². The lowest BCUT2D eigenvalue weighted by atomic mass is 9.94. The fourth-order valence-corrected chi connectivity index (χ4v) is 3.94. The van der Waals surface area contributed by atoms with Gasteiger partial charge in [-0.2, -0.15) is 5.26 Å². The van der Waals surface area contributed by atoms with Gasteiger partial charge < -0.3 is 9.64 Å². The Hall–Kier alpha value is -2.06. The van der Waals surface area contributed by atoms with E-state index in [1.807, 2.05) is 30.3 Å². The zero-order valence-corrected chi connectivity index (χ0v) is 18.3. The van der Waals surface area contributed by atoms with E-state index in [4.69, 9.17) is 33.2 Å². The van der Waals surface area contributed by atoms with E-state index in [0.717, 1.165) is 16.8 Å². The molecule has 0 fully saturated rings. The monoisotopic (exact) mass is 430 g/mol. The SMILES string of the molecule is CC(C)(C)CN1C(=O)C(CCC#N)OC(c2ccccc2Cl)c2cc(Cl)ccc21. The number of rotatable bonds is 4. The van der Waals surface area contributed by atoms with Crippen molar-refractivity contribution in [1.82, 2.24) is 0 Å². The number of nitrogens with zero attached hydrogens (tertiary/aromatic N) is 2. The van der Waals surface area contributed by atoms with Gasteiger partial charge in [0.1, 0.15) is 12.2 Å². The molecular weight excluding hydrogens is 407 g/mol. The summed E-state index contributed by atoms with van der Waals surface area (Å²) in [4.78, 5) is 15.2. The Morgan fingerprint density at radius 2 is 1.86 bits per heavy atom. The first-order chi connectivity index (χ1) is 13.7. The van der Waals surface area contributed by atoms with E-state index in [9.17, 15) is 4.79 Å². The molecule has 0 spiro atoms. The number of amides is 1. The molecule has 6 heteroatoms. The van der Waals surface area contributed by atoms with Crippen LogP contribution in [-0.4, -0.2) is 18.6 Å². The third-order valence-electron chi connectivity index (χ3n) is 4.74. The summed E-state index contributed by atoms with van der Waals surface area (Å²) in [5, 5.41) is 10.2. The lowest BCUT2D eigenvalue weighted by molar-refractivity contribution is -0.132. The van der Waals surface area contributed by atoms with E-state index >= 15 is 0 Å². The molecule has 3 rings (SSSR count). The van der Waals surface area contributed by atoms with E-state index < -0.39 is 12.2 Å². The number of halogens is 2. The predicted octanol–water partition coefficient (Wildman–Crippen LogP) is 6.16. The topological polar surface area (TPSA) is 53.3 Å². The van der Waals surface area contributed by atoms with Crippen molar-refractivity contribution in [3.05, 3.63) is 63.6 Å².